The number of nitrogens with zero attached hydrogens (tertiary/aromatic N) is 1. The quantitative estimate of drug-likeness (QED) is 0.843. The third kappa shape index (κ3) is 2.67. The molecule has 1 aromatic heterocycles. The van der Waals surface area contributed by atoms with Crippen molar-refractivity contribution in [3.8, 4) is 11.5 Å². The molecule has 1 aromatic carbocycles. The van der Waals surface area contributed by atoms with Gasteiger partial charge in [0.05, 0.1) is 20.8 Å². The number of rotatable bonds is 5. The number of hydrogen-bond acceptors (Lipinski definition) is 5. The monoisotopic (exact) mass is 261 g/mol. The summed E-state index contributed by atoms with van der Waals surface area (Å²) in [6.07, 6.45) is 1.65. The number of primary amides is 1. The largest absolute Gasteiger partial charge is 0.493 e. The average molecular weight is 261 g/mol. The number of benzene rings is 1. The molecule has 0 aliphatic heterocycles. The van der Waals surface area contributed by atoms with Crippen molar-refractivity contribution in [1.82, 2.24) is 4.98 Å². The molecule has 6 heteroatoms. The second-order valence-corrected chi connectivity index (χ2v) is 3.91. The molecule has 0 fully saturated rings. The molecule has 0 saturated heterocycles. The molecular weight excluding hydrogens is 246 g/mol. The van der Waals surface area contributed by atoms with Gasteiger partial charge in [-0.15, -0.1) is 0 Å². The van der Waals surface area contributed by atoms with Crippen LogP contribution in [0.4, 0.5) is 5.82 Å². The van der Waals surface area contributed by atoms with Crippen LogP contribution in [-0.2, 0) is 4.79 Å². The van der Waals surface area contributed by atoms with Gasteiger partial charge in [0, 0.05) is 11.6 Å². The highest BCUT2D eigenvalue weighted by atomic mass is 16.5. The van der Waals surface area contributed by atoms with E-state index in [1.54, 1.807) is 20.4 Å². The topological polar surface area (TPSA) is 86.5 Å². The van der Waals surface area contributed by atoms with E-state index in [1.165, 1.54) is 0 Å². The molecule has 0 atom stereocenters. The Balaban J connectivity index is 2.51. The fourth-order valence-corrected chi connectivity index (χ4v) is 1.81. The van der Waals surface area contributed by atoms with Gasteiger partial charge in [0.1, 0.15) is 5.82 Å². The summed E-state index contributed by atoms with van der Waals surface area (Å²) >= 11 is 0. The highest BCUT2D eigenvalue weighted by Gasteiger charge is 2.09. The summed E-state index contributed by atoms with van der Waals surface area (Å²) in [6, 6.07) is 5.52. The number of nitrogens with two attached hydrogens (primary N) is 1. The zero-order valence-electron chi connectivity index (χ0n) is 10.8. The lowest BCUT2D eigenvalue weighted by molar-refractivity contribution is -0.116. The Morgan fingerprint density at radius 2 is 2.00 bits per heavy atom. The molecule has 2 aromatic rings. The fraction of sp³-hybridized carbons (Fsp3) is 0.231. The van der Waals surface area contributed by atoms with E-state index in [9.17, 15) is 4.79 Å². The first kappa shape index (κ1) is 12.9. The zero-order chi connectivity index (χ0) is 13.8. The first-order valence-corrected chi connectivity index (χ1v) is 5.68. The lowest BCUT2D eigenvalue weighted by Crippen LogP contribution is -2.22. The first-order chi connectivity index (χ1) is 9.15. The lowest BCUT2D eigenvalue weighted by Gasteiger charge is -2.11. The average Bonchev–Trinajstić information content (AvgIpc) is 2.43. The molecule has 6 nitrogen and oxygen atoms in total. The number of ether oxygens (including phenoxy) is 2. The van der Waals surface area contributed by atoms with Crippen LogP contribution in [0.5, 0.6) is 11.5 Å². The molecule has 1 amide bonds. The van der Waals surface area contributed by atoms with E-state index in [0.717, 1.165) is 10.8 Å². The number of amides is 1. The van der Waals surface area contributed by atoms with Crippen molar-refractivity contribution in [3.63, 3.8) is 0 Å². The Kier molecular flexibility index (Phi) is 3.70. The van der Waals surface area contributed by atoms with Crippen molar-refractivity contribution in [2.45, 2.75) is 0 Å². The van der Waals surface area contributed by atoms with E-state index in [2.05, 4.69) is 10.3 Å². The molecule has 0 aliphatic rings. The number of aromatic nitrogens is 1. The Morgan fingerprint density at radius 1 is 1.32 bits per heavy atom. The minimum absolute atomic E-state index is 0.0282. The summed E-state index contributed by atoms with van der Waals surface area (Å²) in [5.41, 5.74) is 5.11. The highest BCUT2D eigenvalue weighted by molar-refractivity contribution is 5.95. The summed E-state index contributed by atoms with van der Waals surface area (Å²) in [5.74, 6) is 1.38. The van der Waals surface area contributed by atoms with Crippen molar-refractivity contribution < 1.29 is 14.3 Å². The molecule has 2 rings (SSSR count). The van der Waals surface area contributed by atoms with Gasteiger partial charge >= 0.3 is 0 Å². The van der Waals surface area contributed by atoms with Crippen LogP contribution in [-0.4, -0.2) is 31.7 Å². The highest BCUT2D eigenvalue weighted by Crippen LogP contribution is 2.34. The predicted molar refractivity (Wildman–Crippen MR) is 72.5 cm³/mol. The summed E-state index contributed by atoms with van der Waals surface area (Å²) < 4.78 is 10.5. The second-order valence-electron chi connectivity index (χ2n) is 3.91. The van der Waals surface area contributed by atoms with Crippen molar-refractivity contribution in [3.05, 3.63) is 24.4 Å². The van der Waals surface area contributed by atoms with Gasteiger partial charge in [-0.05, 0) is 23.6 Å². The Hall–Kier alpha value is -2.50. The number of carbonyl (C=O) groups is 1. The number of nitrogens with one attached hydrogen (secondary N) is 1. The minimum Gasteiger partial charge on any atom is -0.493 e. The number of fused-ring (bicyclic) bond motifs is 1. The standard InChI is InChI=1S/C13H15N3O3/c1-18-10-5-8-3-4-15-13(16-7-12(14)17)9(8)6-11(10)19-2/h3-6H,7H2,1-2H3,(H2,14,17)(H,15,16). The molecule has 100 valence electrons. The van der Waals surface area contributed by atoms with Crippen LogP contribution in [0, 0.1) is 0 Å². The predicted octanol–water partition coefficient (Wildman–Crippen LogP) is 1.15. The Labute approximate surface area is 110 Å². The van der Waals surface area contributed by atoms with E-state index in [0.29, 0.717) is 17.3 Å². The first-order valence-electron chi connectivity index (χ1n) is 5.68. The SMILES string of the molecule is COc1cc2ccnc(NCC(N)=O)c2cc1OC. The van der Waals surface area contributed by atoms with E-state index < -0.39 is 5.91 Å². The normalized spacial score (nSPS) is 10.2. The molecule has 0 spiro atoms. The van der Waals surface area contributed by atoms with Crippen LogP contribution in [0.25, 0.3) is 10.8 Å². The molecule has 0 aliphatic carbocycles. The van der Waals surface area contributed by atoms with Gasteiger partial charge < -0.3 is 20.5 Å². The van der Waals surface area contributed by atoms with Gasteiger partial charge in [-0.25, -0.2) is 4.98 Å². The van der Waals surface area contributed by atoms with Crippen molar-refractivity contribution in [2.75, 3.05) is 26.1 Å². The number of hydrogen-bond donors (Lipinski definition) is 2. The van der Waals surface area contributed by atoms with Gasteiger partial charge in [-0.2, -0.15) is 0 Å². The zero-order valence-corrected chi connectivity index (χ0v) is 10.8. The van der Waals surface area contributed by atoms with Crippen LogP contribution < -0.4 is 20.5 Å². The maximum absolute atomic E-state index is 10.8. The van der Waals surface area contributed by atoms with Gasteiger partial charge in [-0.1, -0.05) is 0 Å². The molecule has 3 N–H and O–H groups in total. The minimum atomic E-state index is -0.445. The van der Waals surface area contributed by atoms with Crippen molar-refractivity contribution in [1.29, 1.82) is 0 Å². The Morgan fingerprint density at radius 3 is 2.63 bits per heavy atom. The van der Waals surface area contributed by atoms with Gasteiger partial charge in [0.15, 0.2) is 11.5 Å². The third-order valence-electron chi connectivity index (χ3n) is 2.70. The summed E-state index contributed by atoms with van der Waals surface area (Å²) in [7, 11) is 3.15. The molecular formula is C13H15N3O3. The van der Waals surface area contributed by atoms with Gasteiger partial charge in [0.25, 0.3) is 0 Å². The van der Waals surface area contributed by atoms with Crippen molar-refractivity contribution >= 4 is 22.5 Å². The lowest BCUT2D eigenvalue weighted by atomic mass is 10.1. The number of carbonyl (C=O) groups excluding carboxylic acids is 1. The molecule has 1 heterocycles. The molecule has 0 saturated carbocycles. The van der Waals surface area contributed by atoms with E-state index in [-0.39, 0.29) is 6.54 Å². The summed E-state index contributed by atoms with van der Waals surface area (Å²) in [5, 5.41) is 4.66. The second kappa shape index (κ2) is 5.43. The van der Waals surface area contributed by atoms with Crippen molar-refractivity contribution in [2.24, 2.45) is 5.73 Å². The van der Waals surface area contributed by atoms with E-state index in [4.69, 9.17) is 15.2 Å². The smallest absolute Gasteiger partial charge is 0.236 e. The maximum atomic E-state index is 10.8. The molecule has 0 radical (unpaired) electrons. The summed E-state index contributed by atoms with van der Waals surface area (Å²) in [6.45, 7) is 0.0282. The van der Waals surface area contributed by atoms with Gasteiger partial charge in [-0.3, -0.25) is 4.79 Å². The van der Waals surface area contributed by atoms with Crippen LogP contribution in [0.2, 0.25) is 0 Å². The number of methoxy groups -OCH3 is 2. The fourth-order valence-electron chi connectivity index (χ4n) is 1.81. The third-order valence-corrected chi connectivity index (χ3v) is 2.70. The van der Waals surface area contributed by atoms with Gasteiger partial charge in [0.2, 0.25) is 5.91 Å². The number of anilines is 1. The van der Waals surface area contributed by atoms with Crippen LogP contribution in [0.3, 0.4) is 0 Å². The van der Waals surface area contributed by atoms with Crippen LogP contribution in [0.1, 0.15) is 0 Å². The van der Waals surface area contributed by atoms with Crippen LogP contribution >= 0.6 is 0 Å². The summed E-state index contributed by atoms with van der Waals surface area (Å²) in [4.78, 5) is 15.0. The van der Waals surface area contributed by atoms with E-state index >= 15 is 0 Å². The number of pyridine rings is 1. The Bertz CT molecular complexity index is 613. The maximum Gasteiger partial charge on any atom is 0.236 e. The van der Waals surface area contributed by atoms with Crippen LogP contribution in [0.15, 0.2) is 24.4 Å². The molecule has 0 bridgehead atoms. The molecule has 0 unspecified atom stereocenters. The van der Waals surface area contributed by atoms with E-state index in [1.807, 2.05) is 18.2 Å². The molecule has 19 heavy (non-hydrogen) atoms.